The van der Waals surface area contributed by atoms with Gasteiger partial charge in [-0.3, -0.25) is 9.79 Å². The van der Waals surface area contributed by atoms with Crippen molar-refractivity contribution >= 4 is 28.6 Å². The van der Waals surface area contributed by atoms with Gasteiger partial charge in [-0.05, 0) is 54.8 Å². The number of rotatable bonds is 6. The van der Waals surface area contributed by atoms with Crippen LogP contribution in [0.25, 0.3) is 27.9 Å². The molecule has 0 bridgehead atoms. The Bertz CT molecular complexity index is 1370. The number of hydrogen-bond acceptors (Lipinski definition) is 4. The molecule has 0 unspecified atom stereocenters. The van der Waals surface area contributed by atoms with Crippen LogP contribution in [0.3, 0.4) is 0 Å². The molecule has 0 aliphatic heterocycles. The van der Waals surface area contributed by atoms with Crippen molar-refractivity contribution < 1.29 is 4.79 Å². The van der Waals surface area contributed by atoms with E-state index in [0.717, 1.165) is 51.1 Å². The van der Waals surface area contributed by atoms with Crippen molar-refractivity contribution in [3.8, 4) is 11.4 Å². The highest BCUT2D eigenvalue weighted by atomic mass is 16.1. The number of aliphatic imine (C=N–C) groups is 1. The zero-order chi connectivity index (χ0) is 22.8. The number of nitrogens with two attached hydrogens (primary N) is 2. The van der Waals surface area contributed by atoms with Crippen molar-refractivity contribution in [2.75, 3.05) is 7.05 Å². The molecule has 0 atom stereocenters. The van der Waals surface area contributed by atoms with E-state index >= 15 is 0 Å². The second kappa shape index (κ2) is 8.55. The van der Waals surface area contributed by atoms with Crippen LogP contribution in [0.15, 0.2) is 66.3 Å². The van der Waals surface area contributed by atoms with Gasteiger partial charge in [-0.15, -0.1) is 0 Å². The van der Waals surface area contributed by atoms with Gasteiger partial charge >= 0.3 is 0 Å². The van der Waals surface area contributed by atoms with Crippen molar-refractivity contribution in [2.24, 2.45) is 16.5 Å². The minimum absolute atomic E-state index is 0.419. The Balaban J connectivity index is 1.88. The largest absolute Gasteiger partial charge is 0.404 e. The molecule has 4 N–H and O–H groups in total. The standard InChI is InChI=1S/C25H26N6O/c1-4-17-10-18(25(27)32)8-9-21(17)31-13-16(2)24-22(6-5-7-23(24)31)30-14-20(29-15-30)19(11-26)12-28-3/h5-15H,4,26H2,1-3H3,(H2,27,32). The summed E-state index contributed by atoms with van der Waals surface area (Å²) in [5.74, 6) is -0.419. The topological polar surface area (TPSA) is 104 Å². The number of aryl methyl sites for hydroxylation is 2. The number of benzene rings is 2. The second-order valence-corrected chi connectivity index (χ2v) is 7.59. The van der Waals surface area contributed by atoms with E-state index < -0.39 is 5.91 Å². The van der Waals surface area contributed by atoms with Crippen LogP contribution in [-0.4, -0.2) is 33.3 Å². The summed E-state index contributed by atoms with van der Waals surface area (Å²) >= 11 is 0. The Labute approximate surface area is 186 Å². The summed E-state index contributed by atoms with van der Waals surface area (Å²) in [5.41, 5.74) is 18.6. The van der Waals surface area contributed by atoms with Crippen LogP contribution < -0.4 is 11.5 Å². The van der Waals surface area contributed by atoms with E-state index in [1.54, 1.807) is 25.7 Å². The molecule has 0 saturated heterocycles. The molecule has 0 aliphatic rings. The average molecular weight is 427 g/mol. The fourth-order valence-electron chi connectivity index (χ4n) is 4.07. The molecule has 2 aromatic heterocycles. The minimum Gasteiger partial charge on any atom is -0.404 e. The quantitative estimate of drug-likeness (QED) is 0.458. The van der Waals surface area contributed by atoms with Gasteiger partial charge in [0.2, 0.25) is 5.91 Å². The molecular formula is C25H26N6O. The van der Waals surface area contributed by atoms with Gasteiger partial charge in [-0.1, -0.05) is 13.0 Å². The maximum atomic E-state index is 11.6. The number of carbonyl (C=O) groups excluding carboxylic acids is 1. The first kappa shape index (κ1) is 21.1. The molecule has 7 heteroatoms. The van der Waals surface area contributed by atoms with E-state index in [2.05, 4.69) is 46.7 Å². The number of hydrogen-bond donors (Lipinski definition) is 2. The van der Waals surface area contributed by atoms with Crippen molar-refractivity contribution in [1.82, 2.24) is 14.1 Å². The zero-order valence-electron chi connectivity index (χ0n) is 18.4. The SMILES string of the molecule is CCc1cc(C(N)=O)ccc1-n1cc(C)c2c(-n3cnc(C(C=NC)=CN)c3)cccc21. The van der Waals surface area contributed by atoms with E-state index in [1.807, 2.05) is 29.0 Å². The van der Waals surface area contributed by atoms with Crippen LogP contribution in [0.2, 0.25) is 0 Å². The highest BCUT2D eigenvalue weighted by molar-refractivity contribution is 6.08. The van der Waals surface area contributed by atoms with Crippen LogP contribution in [0.1, 0.15) is 34.1 Å². The molecule has 7 nitrogen and oxygen atoms in total. The van der Waals surface area contributed by atoms with E-state index in [9.17, 15) is 4.79 Å². The lowest BCUT2D eigenvalue weighted by atomic mass is 10.1. The van der Waals surface area contributed by atoms with Gasteiger partial charge in [0.15, 0.2) is 0 Å². The third kappa shape index (κ3) is 3.58. The number of aromatic nitrogens is 3. The predicted molar refractivity (Wildman–Crippen MR) is 130 cm³/mol. The highest BCUT2D eigenvalue weighted by Gasteiger charge is 2.15. The summed E-state index contributed by atoms with van der Waals surface area (Å²) in [4.78, 5) is 20.2. The van der Waals surface area contributed by atoms with Gasteiger partial charge in [-0.25, -0.2) is 4.98 Å². The van der Waals surface area contributed by atoms with Crippen LogP contribution in [-0.2, 0) is 6.42 Å². The Morgan fingerprint density at radius 1 is 1.19 bits per heavy atom. The number of nitrogens with zero attached hydrogens (tertiary/aromatic N) is 4. The van der Waals surface area contributed by atoms with Crippen LogP contribution in [0.4, 0.5) is 0 Å². The average Bonchev–Trinajstić information content (AvgIpc) is 3.42. The van der Waals surface area contributed by atoms with E-state index in [1.165, 1.54) is 6.20 Å². The normalized spacial score (nSPS) is 12.2. The van der Waals surface area contributed by atoms with Crippen molar-refractivity contribution in [3.05, 3.63) is 83.7 Å². The van der Waals surface area contributed by atoms with Crippen molar-refractivity contribution in [3.63, 3.8) is 0 Å². The number of primary amides is 1. The van der Waals surface area contributed by atoms with Gasteiger partial charge in [0, 0.05) is 54.1 Å². The number of allylic oxidation sites excluding steroid dienone is 1. The van der Waals surface area contributed by atoms with Gasteiger partial charge in [-0.2, -0.15) is 0 Å². The molecule has 0 aliphatic carbocycles. The molecule has 0 radical (unpaired) electrons. The summed E-state index contributed by atoms with van der Waals surface area (Å²) in [6.45, 7) is 4.17. The first-order chi connectivity index (χ1) is 15.5. The van der Waals surface area contributed by atoms with E-state index in [0.29, 0.717) is 5.56 Å². The highest BCUT2D eigenvalue weighted by Crippen LogP contribution is 2.31. The number of fused-ring (bicyclic) bond motifs is 1. The molecule has 2 heterocycles. The predicted octanol–water partition coefficient (Wildman–Crippen LogP) is 3.79. The molecule has 162 valence electrons. The maximum Gasteiger partial charge on any atom is 0.248 e. The molecule has 4 aromatic rings. The van der Waals surface area contributed by atoms with Gasteiger partial charge in [0.05, 0.1) is 23.2 Å². The molecule has 0 saturated carbocycles. The third-order valence-corrected chi connectivity index (χ3v) is 5.61. The maximum absolute atomic E-state index is 11.6. The third-order valence-electron chi connectivity index (χ3n) is 5.61. The van der Waals surface area contributed by atoms with Gasteiger partial charge in [0.25, 0.3) is 0 Å². The second-order valence-electron chi connectivity index (χ2n) is 7.59. The van der Waals surface area contributed by atoms with Gasteiger partial charge < -0.3 is 20.6 Å². The Hall–Kier alpha value is -4.13. The lowest BCUT2D eigenvalue weighted by Crippen LogP contribution is -2.12. The molecule has 0 spiro atoms. The van der Waals surface area contributed by atoms with Crippen molar-refractivity contribution in [2.45, 2.75) is 20.3 Å². The van der Waals surface area contributed by atoms with Gasteiger partial charge in [0.1, 0.15) is 0 Å². The molecule has 1 amide bonds. The smallest absolute Gasteiger partial charge is 0.248 e. The number of imidazole rings is 1. The summed E-state index contributed by atoms with van der Waals surface area (Å²) in [6, 6.07) is 11.8. The lowest BCUT2D eigenvalue weighted by molar-refractivity contribution is 0.1000. The molecule has 2 aromatic carbocycles. The minimum atomic E-state index is -0.419. The fourth-order valence-corrected chi connectivity index (χ4v) is 4.07. The molecule has 32 heavy (non-hydrogen) atoms. The zero-order valence-corrected chi connectivity index (χ0v) is 18.4. The van der Waals surface area contributed by atoms with E-state index in [-0.39, 0.29) is 0 Å². The molecular weight excluding hydrogens is 400 g/mol. The lowest BCUT2D eigenvalue weighted by Gasteiger charge is -2.13. The summed E-state index contributed by atoms with van der Waals surface area (Å²) < 4.78 is 4.17. The van der Waals surface area contributed by atoms with Crippen LogP contribution in [0, 0.1) is 6.92 Å². The number of amides is 1. The monoisotopic (exact) mass is 426 g/mol. The summed E-state index contributed by atoms with van der Waals surface area (Å²) in [6.07, 6.45) is 9.84. The Morgan fingerprint density at radius 2 is 2.00 bits per heavy atom. The van der Waals surface area contributed by atoms with Crippen molar-refractivity contribution in [1.29, 1.82) is 0 Å². The Morgan fingerprint density at radius 3 is 2.69 bits per heavy atom. The molecule has 4 rings (SSSR count). The fraction of sp³-hybridized carbons (Fsp3) is 0.160. The summed E-state index contributed by atoms with van der Waals surface area (Å²) in [7, 11) is 1.70. The van der Waals surface area contributed by atoms with E-state index in [4.69, 9.17) is 11.5 Å². The molecule has 0 fully saturated rings. The first-order valence-corrected chi connectivity index (χ1v) is 10.4. The Kier molecular flexibility index (Phi) is 5.64. The summed E-state index contributed by atoms with van der Waals surface area (Å²) in [5, 5.41) is 1.12. The van der Waals surface area contributed by atoms with Crippen LogP contribution in [0.5, 0.6) is 0 Å². The van der Waals surface area contributed by atoms with Crippen LogP contribution >= 0.6 is 0 Å². The number of carbonyl (C=O) groups is 1. The first-order valence-electron chi connectivity index (χ1n) is 10.4.